The van der Waals surface area contributed by atoms with Crippen molar-refractivity contribution in [3.63, 3.8) is 0 Å². The Morgan fingerprint density at radius 1 is 1.38 bits per heavy atom. The average molecular weight is 348 g/mol. The van der Waals surface area contributed by atoms with Gasteiger partial charge in [-0.2, -0.15) is 0 Å². The Bertz CT molecular complexity index is 575. The summed E-state index contributed by atoms with van der Waals surface area (Å²) in [6.07, 6.45) is 3.67. The molecule has 0 radical (unpaired) electrons. The standard InChI is InChI=1S/C14H17N3OS.2ClH/c1-2-12-9-17-13(19-12)6-7-16-14(18)10-4-3-5-11(15)8-10;;/h3-5,8-9H,2,6-7,15H2,1H3,(H,16,18);2*1H. The van der Waals surface area contributed by atoms with Gasteiger partial charge in [-0.05, 0) is 24.6 Å². The number of nitrogens with one attached hydrogen (secondary N) is 1. The minimum Gasteiger partial charge on any atom is -0.399 e. The predicted octanol–water partition coefficient (Wildman–Crippen LogP) is 3.10. The summed E-state index contributed by atoms with van der Waals surface area (Å²) >= 11 is 1.70. The molecule has 0 fully saturated rings. The smallest absolute Gasteiger partial charge is 0.251 e. The van der Waals surface area contributed by atoms with Gasteiger partial charge >= 0.3 is 0 Å². The molecule has 0 aliphatic carbocycles. The number of nitrogen functional groups attached to an aromatic ring is 1. The van der Waals surface area contributed by atoms with Crippen molar-refractivity contribution >= 4 is 47.7 Å². The first-order valence-electron chi connectivity index (χ1n) is 6.26. The van der Waals surface area contributed by atoms with Gasteiger partial charge in [0.1, 0.15) is 0 Å². The Morgan fingerprint density at radius 3 is 2.76 bits per heavy atom. The minimum absolute atomic E-state index is 0. The lowest BCUT2D eigenvalue weighted by Crippen LogP contribution is -2.25. The van der Waals surface area contributed by atoms with Crippen LogP contribution < -0.4 is 11.1 Å². The second-order valence-electron chi connectivity index (χ2n) is 4.21. The molecule has 0 aliphatic rings. The molecule has 2 aromatic rings. The monoisotopic (exact) mass is 347 g/mol. The van der Waals surface area contributed by atoms with E-state index in [9.17, 15) is 4.79 Å². The van der Waals surface area contributed by atoms with Crippen LogP contribution in [0.5, 0.6) is 0 Å². The number of halogens is 2. The maximum atomic E-state index is 11.9. The van der Waals surface area contributed by atoms with Crippen molar-refractivity contribution in [2.45, 2.75) is 19.8 Å². The van der Waals surface area contributed by atoms with Crippen LogP contribution in [0.15, 0.2) is 30.5 Å². The van der Waals surface area contributed by atoms with E-state index in [4.69, 9.17) is 5.73 Å². The van der Waals surface area contributed by atoms with E-state index in [1.807, 2.05) is 6.20 Å². The zero-order valence-electron chi connectivity index (χ0n) is 11.7. The zero-order chi connectivity index (χ0) is 13.7. The Balaban J connectivity index is 0.00000200. The third kappa shape index (κ3) is 5.91. The average Bonchev–Trinajstić information content (AvgIpc) is 2.86. The van der Waals surface area contributed by atoms with E-state index in [0.29, 0.717) is 17.8 Å². The number of aryl methyl sites for hydroxylation is 1. The highest BCUT2D eigenvalue weighted by Crippen LogP contribution is 2.13. The highest BCUT2D eigenvalue weighted by atomic mass is 35.5. The number of amides is 1. The molecule has 1 heterocycles. The van der Waals surface area contributed by atoms with E-state index in [1.165, 1.54) is 4.88 Å². The number of nitrogens with zero attached hydrogens (tertiary/aromatic N) is 1. The summed E-state index contributed by atoms with van der Waals surface area (Å²) in [5.41, 5.74) is 6.83. The molecule has 116 valence electrons. The SMILES string of the molecule is CCc1cnc(CCNC(=O)c2cccc(N)c2)s1.Cl.Cl. The van der Waals surface area contributed by atoms with Crippen molar-refractivity contribution in [1.82, 2.24) is 10.3 Å². The van der Waals surface area contributed by atoms with Crippen molar-refractivity contribution < 1.29 is 4.79 Å². The van der Waals surface area contributed by atoms with E-state index < -0.39 is 0 Å². The molecule has 0 saturated heterocycles. The summed E-state index contributed by atoms with van der Waals surface area (Å²) in [6.45, 7) is 2.70. The minimum atomic E-state index is -0.0976. The molecular formula is C14H19Cl2N3OS. The molecular weight excluding hydrogens is 329 g/mol. The van der Waals surface area contributed by atoms with Crippen LogP contribution >= 0.6 is 36.2 Å². The van der Waals surface area contributed by atoms with Crippen LogP contribution in [0.4, 0.5) is 5.69 Å². The fourth-order valence-corrected chi connectivity index (χ4v) is 2.55. The molecule has 0 saturated carbocycles. The summed E-state index contributed by atoms with van der Waals surface area (Å²) in [5, 5.41) is 3.93. The molecule has 4 nitrogen and oxygen atoms in total. The quantitative estimate of drug-likeness (QED) is 0.816. The first kappa shape index (κ1) is 19.7. The molecule has 1 aromatic carbocycles. The van der Waals surface area contributed by atoms with Crippen molar-refractivity contribution in [2.75, 3.05) is 12.3 Å². The largest absolute Gasteiger partial charge is 0.399 e. The molecule has 3 N–H and O–H groups in total. The molecule has 1 amide bonds. The van der Waals surface area contributed by atoms with Crippen LogP contribution in [0.2, 0.25) is 0 Å². The van der Waals surface area contributed by atoms with Crippen LogP contribution in [0.25, 0.3) is 0 Å². The molecule has 0 unspecified atom stereocenters. The highest BCUT2D eigenvalue weighted by molar-refractivity contribution is 7.11. The van der Waals surface area contributed by atoms with Gasteiger partial charge in [-0.1, -0.05) is 13.0 Å². The van der Waals surface area contributed by atoms with E-state index >= 15 is 0 Å². The van der Waals surface area contributed by atoms with Crippen LogP contribution in [0, 0.1) is 0 Å². The molecule has 0 aliphatic heterocycles. The first-order chi connectivity index (χ1) is 9.19. The number of hydrogen-bond acceptors (Lipinski definition) is 4. The van der Waals surface area contributed by atoms with Gasteiger partial charge in [-0.3, -0.25) is 4.79 Å². The normalized spacial score (nSPS) is 9.38. The van der Waals surface area contributed by atoms with E-state index in [0.717, 1.165) is 17.8 Å². The van der Waals surface area contributed by atoms with Crippen molar-refractivity contribution in [3.05, 3.63) is 45.9 Å². The van der Waals surface area contributed by atoms with Crippen molar-refractivity contribution in [1.29, 1.82) is 0 Å². The third-order valence-electron chi connectivity index (χ3n) is 2.72. The summed E-state index contributed by atoms with van der Waals surface area (Å²) < 4.78 is 0. The molecule has 0 atom stereocenters. The van der Waals surface area contributed by atoms with Gasteiger partial charge < -0.3 is 11.1 Å². The van der Waals surface area contributed by atoms with Crippen LogP contribution in [-0.4, -0.2) is 17.4 Å². The molecule has 2 rings (SSSR count). The van der Waals surface area contributed by atoms with E-state index in [-0.39, 0.29) is 30.7 Å². The van der Waals surface area contributed by atoms with Gasteiger partial charge in [0.25, 0.3) is 5.91 Å². The third-order valence-corrected chi connectivity index (χ3v) is 3.92. The zero-order valence-corrected chi connectivity index (χ0v) is 14.1. The first-order valence-corrected chi connectivity index (χ1v) is 7.08. The topological polar surface area (TPSA) is 68.0 Å². The second kappa shape index (κ2) is 9.60. The van der Waals surface area contributed by atoms with Gasteiger partial charge in [-0.25, -0.2) is 4.98 Å². The van der Waals surface area contributed by atoms with Gasteiger partial charge in [0, 0.05) is 35.3 Å². The Kier molecular flexibility index (Phi) is 9.01. The van der Waals surface area contributed by atoms with Crippen LogP contribution in [0.3, 0.4) is 0 Å². The summed E-state index contributed by atoms with van der Waals surface area (Å²) in [4.78, 5) is 17.5. The number of hydrogen-bond donors (Lipinski definition) is 2. The lowest BCUT2D eigenvalue weighted by molar-refractivity contribution is 0.0954. The van der Waals surface area contributed by atoms with Crippen molar-refractivity contribution in [3.8, 4) is 0 Å². The number of rotatable bonds is 5. The van der Waals surface area contributed by atoms with Gasteiger partial charge in [0.05, 0.1) is 5.01 Å². The lowest BCUT2D eigenvalue weighted by atomic mass is 10.2. The fraction of sp³-hybridized carbons (Fsp3) is 0.286. The lowest BCUT2D eigenvalue weighted by Gasteiger charge is -2.04. The van der Waals surface area contributed by atoms with Crippen LogP contribution in [-0.2, 0) is 12.8 Å². The summed E-state index contributed by atoms with van der Waals surface area (Å²) in [6, 6.07) is 6.97. The number of thiazole rings is 1. The molecule has 21 heavy (non-hydrogen) atoms. The van der Waals surface area contributed by atoms with Gasteiger partial charge in [-0.15, -0.1) is 36.2 Å². The Labute approximate surface area is 141 Å². The number of aromatic nitrogens is 1. The Morgan fingerprint density at radius 2 is 2.14 bits per heavy atom. The van der Waals surface area contributed by atoms with E-state index in [1.54, 1.807) is 35.6 Å². The molecule has 0 bridgehead atoms. The molecule has 7 heteroatoms. The molecule has 1 aromatic heterocycles. The predicted molar refractivity (Wildman–Crippen MR) is 92.9 cm³/mol. The van der Waals surface area contributed by atoms with Crippen LogP contribution in [0.1, 0.15) is 27.2 Å². The maximum Gasteiger partial charge on any atom is 0.251 e. The van der Waals surface area contributed by atoms with Gasteiger partial charge in [0.2, 0.25) is 0 Å². The number of anilines is 1. The second-order valence-corrected chi connectivity index (χ2v) is 5.40. The Hall–Kier alpha value is -1.30. The summed E-state index contributed by atoms with van der Waals surface area (Å²) in [7, 11) is 0. The highest BCUT2D eigenvalue weighted by Gasteiger charge is 2.06. The van der Waals surface area contributed by atoms with Gasteiger partial charge in [0.15, 0.2) is 0 Å². The van der Waals surface area contributed by atoms with Crippen molar-refractivity contribution in [2.24, 2.45) is 0 Å². The fourth-order valence-electron chi connectivity index (χ4n) is 1.69. The number of carbonyl (C=O) groups is 1. The van der Waals surface area contributed by atoms with E-state index in [2.05, 4.69) is 17.2 Å². The molecule has 0 spiro atoms. The summed E-state index contributed by atoms with van der Waals surface area (Å²) in [5.74, 6) is -0.0976. The number of benzene rings is 1. The number of nitrogens with two attached hydrogens (primary N) is 1. The number of carbonyl (C=O) groups excluding carboxylic acids is 1. The maximum absolute atomic E-state index is 11.9.